The molecule has 1 aliphatic rings. The normalized spacial score (nSPS) is 22.0. The lowest BCUT2D eigenvalue weighted by Crippen LogP contribution is -2.50. The van der Waals surface area contributed by atoms with Gasteiger partial charge in [-0.25, -0.2) is 12.8 Å². The maximum absolute atomic E-state index is 14.0. The van der Waals surface area contributed by atoms with Crippen molar-refractivity contribution in [2.45, 2.75) is 37.6 Å². The van der Waals surface area contributed by atoms with Gasteiger partial charge in [-0.2, -0.15) is 0 Å². The van der Waals surface area contributed by atoms with Gasteiger partial charge < -0.3 is 10.6 Å². The maximum atomic E-state index is 14.0. The van der Waals surface area contributed by atoms with Crippen LogP contribution in [0.2, 0.25) is 0 Å². The molecule has 1 aromatic rings. The highest BCUT2D eigenvalue weighted by molar-refractivity contribution is 7.90. The minimum atomic E-state index is -3.38. The van der Waals surface area contributed by atoms with Crippen molar-refractivity contribution in [1.29, 1.82) is 0 Å². The van der Waals surface area contributed by atoms with Crippen LogP contribution in [0.15, 0.2) is 23.1 Å². The lowest BCUT2D eigenvalue weighted by atomic mass is 9.77. The van der Waals surface area contributed by atoms with Gasteiger partial charge in [-0.05, 0) is 43.0 Å². The maximum Gasteiger partial charge on any atom is 0.175 e. The summed E-state index contributed by atoms with van der Waals surface area (Å²) in [7, 11) is -3.38. The van der Waals surface area contributed by atoms with Gasteiger partial charge >= 0.3 is 0 Å². The Balaban J connectivity index is 2.07. The molecule has 0 amide bonds. The van der Waals surface area contributed by atoms with Gasteiger partial charge in [0.2, 0.25) is 0 Å². The predicted molar refractivity (Wildman–Crippen MR) is 82.8 cm³/mol. The van der Waals surface area contributed by atoms with Crippen molar-refractivity contribution in [1.82, 2.24) is 5.32 Å². The molecule has 0 spiro atoms. The number of hydrogen-bond donors (Lipinski definition) is 2. The molecule has 0 aromatic heterocycles. The number of halogens is 1. The third kappa shape index (κ3) is 3.95. The highest BCUT2D eigenvalue weighted by Crippen LogP contribution is 2.30. The summed E-state index contributed by atoms with van der Waals surface area (Å²) in [4.78, 5) is 0.00155. The average Bonchev–Trinajstić information content (AvgIpc) is 2.37. The van der Waals surface area contributed by atoms with Crippen LogP contribution in [-0.4, -0.2) is 33.8 Å². The largest absolute Gasteiger partial charge is 0.381 e. The first-order valence-electron chi connectivity index (χ1n) is 7.17. The molecule has 1 unspecified atom stereocenters. The van der Waals surface area contributed by atoms with Crippen LogP contribution in [-0.2, 0) is 9.84 Å². The summed E-state index contributed by atoms with van der Waals surface area (Å²) in [5.41, 5.74) is 0.500. The Hall–Kier alpha value is -1.14. The summed E-state index contributed by atoms with van der Waals surface area (Å²) in [5, 5.41) is 6.54. The van der Waals surface area contributed by atoms with Crippen LogP contribution in [0.3, 0.4) is 0 Å². The first kappa shape index (κ1) is 16.2. The first-order valence-corrected chi connectivity index (χ1v) is 9.06. The number of rotatable bonds is 4. The fourth-order valence-corrected chi connectivity index (χ4v) is 3.33. The van der Waals surface area contributed by atoms with Gasteiger partial charge in [0.05, 0.1) is 10.6 Å². The summed E-state index contributed by atoms with van der Waals surface area (Å²) in [6.07, 6.45) is 3.37. The molecule has 1 atom stereocenters. The summed E-state index contributed by atoms with van der Waals surface area (Å²) >= 11 is 0. The highest BCUT2D eigenvalue weighted by Gasteiger charge is 2.31. The van der Waals surface area contributed by atoms with Gasteiger partial charge in [-0.15, -0.1) is 0 Å². The van der Waals surface area contributed by atoms with Crippen molar-refractivity contribution in [2.24, 2.45) is 5.41 Å². The molecule has 0 saturated carbocycles. The summed E-state index contributed by atoms with van der Waals surface area (Å²) in [6, 6.07) is 4.25. The zero-order chi connectivity index (χ0) is 15.7. The minimum Gasteiger partial charge on any atom is -0.381 e. The number of nitrogens with one attached hydrogen (secondary N) is 2. The number of benzene rings is 1. The van der Waals surface area contributed by atoms with E-state index in [0.717, 1.165) is 31.7 Å². The van der Waals surface area contributed by atoms with E-state index in [0.29, 0.717) is 12.2 Å². The summed E-state index contributed by atoms with van der Waals surface area (Å²) in [5.74, 6) is -0.536. The third-order valence-corrected chi connectivity index (χ3v) is 5.31. The first-order chi connectivity index (χ1) is 9.70. The molecule has 0 bridgehead atoms. The van der Waals surface area contributed by atoms with Crippen molar-refractivity contribution < 1.29 is 12.8 Å². The number of piperidine rings is 1. The van der Waals surface area contributed by atoms with E-state index in [4.69, 9.17) is 0 Å². The van der Waals surface area contributed by atoms with Gasteiger partial charge in [-0.1, -0.05) is 13.8 Å². The molecule has 1 fully saturated rings. The van der Waals surface area contributed by atoms with Gasteiger partial charge in [0.25, 0.3) is 0 Å². The summed E-state index contributed by atoms with van der Waals surface area (Å²) in [6.45, 7) is 6.00. The topological polar surface area (TPSA) is 58.2 Å². The van der Waals surface area contributed by atoms with Gasteiger partial charge in [0.1, 0.15) is 5.82 Å². The molecule has 0 aliphatic carbocycles. The Morgan fingerprint density at radius 1 is 1.43 bits per heavy atom. The van der Waals surface area contributed by atoms with Crippen molar-refractivity contribution in [3.63, 3.8) is 0 Å². The fourth-order valence-electron chi connectivity index (χ4n) is 2.70. The van der Waals surface area contributed by atoms with E-state index in [1.165, 1.54) is 12.1 Å². The van der Waals surface area contributed by atoms with E-state index >= 15 is 0 Å². The van der Waals surface area contributed by atoms with Crippen molar-refractivity contribution in [3.8, 4) is 0 Å². The minimum absolute atomic E-state index is 0.00155. The third-order valence-electron chi connectivity index (χ3n) is 4.20. The van der Waals surface area contributed by atoms with Crippen LogP contribution in [0.25, 0.3) is 0 Å². The Morgan fingerprint density at radius 2 is 2.14 bits per heavy atom. The molecule has 4 nitrogen and oxygen atoms in total. The van der Waals surface area contributed by atoms with Crippen LogP contribution in [0.5, 0.6) is 0 Å². The van der Waals surface area contributed by atoms with E-state index in [1.54, 1.807) is 0 Å². The number of sulfone groups is 1. The number of anilines is 1. The van der Waals surface area contributed by atoms with Crippen molar-refractivity contribution in [3.05, 3.63) is 24.0 Å². The summed E-state index contributed by atoms with van der Waals surface area (Å²) < 4.78 is 36.8. The van der Waals surface area contributed by atoms with Crippen LogP contribution in [0.4, 0.5) is 10.1 Å². The van der Waals surface area contributed by atoms with Crippen LogP contribution >= 0.6 is 0 Å². The molecule has 1 saturated heterocycles. The second kappa shape index (κ2) is 5.93. The average molecular weight is 314 g/mol. The van der Waals surface area contributed by atoms with E-state index in [9.17, 15) is 12.8 Å². The van der Waals surface area contributed by atoms with Gasteiger partial charge in [0, 0.05) is 18.8 Å². The zero-order valence-electron chi connectivity index (χ0n) is 12.7. The molecule has 118 valence electrons. The molecule has 21 heavy (non-hydrogen) atoms. The molecule has 2 N–H and O–H groups in total. The van der Waals surface area contributed by atoms with Crippen molar-refractivity contribution in [2.75, 3.05) is 24.7 Å². The van der Waals surface area contributed by atoms with Gasteiger partial charge in [-0.3, -0.25) is 0 Å². The monoisotopic (exact) mass is 314 g/mol. The zero-order valence-corrected chi connectivity index (χ0v) is 13.6. The predicted octanol–water partition coefficient (Wildman–Crippen LogP) is 2.42. The molecular weight excluding hydrogens is 291 g/mol. The molecular formula is C15H23FN2O2S. The van der Waals surface area contributed by atoms with Gasteiger partial charge in [0.15, 0.2) is 9.84 Å². The lowest BCUT2D eigenvalue weighted by Gasteiger charge is -2.39. The Labute approximate surface area is 126 Å². The highest BCUT2D eigenvalue weighted by atomic mass is 32.2. The van der Waals surface area contributed by atoms with E-state index in [1.807, 2.05) is 0 Å². The van der Waals surface area contributed by atoms with E-state index in [2.05, 4.69) is 24.5 Å². The lowest BCUT2D eigenvalue weighted by molar-refractivity contribution is 0.188. The Morgan fingerprint density at radius 3 is 2.71 bits per heavy atom. The molecule has 1 aromatic carbocycles. The second-order valence-electron chi connectivity index (χ2n) is 6.39. The smallest absolute Gasteiger partial charge is 0.175 e. The number of hydrogen-bond acceptors (Lipinski definition) is 4. The van der Waals surface area contributed by atoms with E-state index in [-0.39, 0.29) is 16.4 Å². The molecule has 1 aliphatic heterocycles. The van der Waals surface area contributed by atoms with Crippen LogP contribution < -0.4 is 10.6 Å². The van der Waals surface area contributed by atoms with Crippen LogP contribution in [0.1, 0.15) is 26.7 Å². The molecule has 2 rings (SSSR count). The standard InChI is InChI=1S/C15H23FN2O2S/c1-15(2)7-4-8-17-14(15)10-18-13-6-5-11(9-12(13)16)21(3,19)20/h5-6,9,14,17-18H,4,7-8,10H2,1-3H3. The Kier molecular flexibility index (Phi) is 4.58. The Bertz CT molecular complexity index is 614. The fraction of sp³-hybridized carbons (Fsp3) is 0.600. The quantitative estimate of drug-likeness (QED) is 0.896. The SMILES string of the molecule is CC1(C)CCCNC1CNc1ccc(S(C)(=O)=O)cc1F. The molecule has 1 heterocycles. The van der Waals surface area contributed by atoms with Crippen LogP contribution in [0, 0.1) is 11.2 Å². The van der Waals surface area contributed by atoms with E-state index < -0.39 is 15.7 Å². The second-order valence-corrected chi connectivity index (χ2v) is 8.41. The molecule has 6 heteroatoms. The molecule has 0 radical (unpaired) electrons. The van der Waals surface area contributed by atoms with Crippen molar-refractivity contribution >= 4 is 15.5 Å².